The molecule has 21 heavy (non-hydrogen) atoms. The Kier molecular flexibility index (Phi) is 4.20. The zero-order chi connectivity index (χ0) is 15.2. The van der Waals surface area contributed by atoms with Gasteiger partial charge in [-0.25, -0.2) is 0 Å². The van der Waals surface area contributed by atoms with Crippen LogP contribution in [0.2, 0.25) is 0 Å². The van der Waals surface area contributed by atoms with E-state index in [-0.39, 0.29) is 6.04 Å². The number of nitrogens with one attached hydrogen (secondary N) is 1. The Hall–Kier alpha value is -0.370. The van der Waals surface area contributed by atoms with Gasteiger partial charge in [-0.2, -0.15) is 0 Å². The summed E-state index contributed by atoms with van der Waals surface area (Å²) in [5.74, 6) is 0.884. The Morgan fingerprint density at radius 3 is 3.00 bits per heavy atom. The Labute approximate surface area is 146 Å². The van der Waals surface area contributed by atoms with E-state index < -0.39 is 5.72 Å². The topological polar surface area (TPSA) is 33.7 Å². The highest BCUT2D eigenvalue weighted by Gasteiger charge is 2.47. The molecule has 1 N–H and O–H groups in total. The number of fused-ring (bicyclic) bond motifs is 4. The van der Waals surface area contributed by atoms with Gasteiger partial charge in [-0.05, 0) is 47.2 Å². The molecule has 2 unspecified atom stereocenters. The smallest absolute Gasteiger partial charge is 0.184 e. The summed E-state index contributed by atoms with van der Waals surface area (Å²) in [7, 11) is 1.69. The highest BCUT2D eigenvalue weighted by molar-refractivity contribution is 9.11. The summed E-state index contributed by atoms with van der Waals surface area (Å²) in [6.45, 7) is 3.40. The number of ether oxygens (including phenoxy) is 2. The second-order valence-corrected chi connectivity index (χ2v) is 7.59. The standard InChI is InChI=1S/C14H16Br2N2O2S/c1-14-7-11(17-13(21)18(14)3-4-19-2)9-5-8(15)6-10(16)12(9)20-14/h5-6,11H,3-4,7H2,1-2H3,(H,17,21). The van der Waals surface area contributed by atoms with Gasteiger partial charge in [0.05, 0.1) is 17.1 Å². The molecule has 3 rings (SSSR count). The summed E-state index contributed by atoms with van der Waals surface area (Å²) in [4.78, 5) is 2.07. The molecule has 0 spiro atoms. The van der Waals surface area contributed by atoms with Gasteiger partial charge in [0.2, 0.25) is 0 Å². The molecule has 2 heterocycles. The molecule has 1 fully saturated rings. The maximum atomic E-state index is 6.33. The van der Waals surface area contributed by atoms with Crippen molar-refractivity contribution in [2.24, 2.45) is 0 Å². The molecule has 1 aromatic carbocycles. The van der Waals surface area contributed by atoms with Gasteiger partial charge in [-0.1, -0.05) is 15.9 Å². The Balaban J connectivity index is 2.01. The van der Waals surface area contributed by atoms with E-state index in [9.17, 15) is 0 Å². The van der Waals surface area contributed by atoms with Crippen molar-refractivity contribution < 1.29 is 9.47 Å². The normalized spacial score (nSPS) is 27.0. The maximum Gasteiger partial charge on any atom is 0.184 e. The van der Waals surface area contributed by atoms with Gasteiger partial charge in [0.15, 0.2) is 10.8 Å². The third-order valence-corrected chi connectivity index (χ3v) is 5.34. The summed E-state index contributed by atoms with van der Waals surface area (Å²) >= 11 is 12.6. The van der Waals surface area contributed by atoms with Crippen molar-refractivity contribution in [3.05, 3.63) is 26.6 Å². The fourth-order valence-electron chi connectivity index (χ4n) is 2.95. The number of rotatable bonds is 3. The molecular weight excluding hydrogens is 420 g/mol. The van der Waals surface area contributed by atoms with Crippen LogP contribution in [0.5, 0.6) is 5.75 Å². The Morgan fingerprint density at radius 1 is 1.52 bits per heavy atom. The molecule has 2 atom stereocenters. The number of benzene rings is 1. The molecular formula is C14H16Br2N2O2S. The highest BCUT2D eigenvalue weighted by Crippen LogP contribution is 2.48. The van der Waals surface area contributed by atoms with Crippen LogP contribution in [-0.4, -0.2) is 36.0 Å². The molecule has 0 aliphatic carbocycles. The van der Waals surface area contributed by atoms with E-state index in [1.165, 1.54) is 0 Å². The third-order valence-electron chi connectivity index (χ3n) is 3.95. The number of hydrogen-bond donors (Lipinski definition) is 1. The van der Waals surface area contributed by atoms with Crippen LogP contribution in [0.1, 0.15) is 24.9 Å². The maximum absolute atomic E-state index is 6.33. The predicted molar refractivity (Wildman–Crippen MR) is 92.5 cm³/mol. The summed E-state index contributed by atoms with van der Waals surface area (Å²) in [5, 5.41) is 4.14. The lowest BCUT2D eigenvalue weighted by atomic mass is 9.90. The van der Waals surface area contributed by atoms with Gasteiger partial charge < -0.3 is 19.7 Å². The number of thiocarbonyl (C=S) groups is 1. The van der Waals surface area contributed by atoms with Crippen LogP contribution in [0.15, 0.2) is 21.1 Å². The van der Waals surface area contributed by atoms with Crippen LogP contribution in [-0.2, 0) is 4.74 Å². The van der Waals surface area contributed by atoms with Crippen molar-refractivity contribution in [2.75, 3.05) is 20.3 Å². The Morgan fingerprint density at radius 2 is 2.29 bits per heavy atom. The van der Waals surface area contributed by atoms with Crippen LogP contribution in [0, 0.1) is 0 Å². The Bertz CT molecular complexity index is 599. The molecule has 0 aromatic heterocycles. The number of nitrogens with zero attached hydrogens (tertiary/aromatic N) is 1. The van der Waals surface area contributed by atoms with Crippen LogP contribution < -0.4 is 10.1 Å². The van der Waals surface area contributed by atoms with E-state index in [0.29, 0.717) is 18.3 Å². The van der Waals surface area contributed by atoms with E-state index in [1.807, 2.05) is 6.07 Å². The minimum absolute atomic E-state index is 0.166. The lowest BCUT2D eigenvalue weighted by molar-refractivity contribution is -0.0746. The van der Waals surface area contributed by atoms with Gasteiger partial charge >= 0.3 is 0 Å². The average molecular weight is 436 g/mol. The van der Waals surface area contributed by atoms with E-state index in [4.69, 9.17) is 21.7 Å². The van der Waals surface area contributed by atoms with Crippen LogP contribution >= 0.6 is 44.1 Å². The molecule has 1 saturated heterocycles. The zero-order valence-electron chi connectivity index (χ0n) is 11.8. The van der Waals surface area contributed by atoms with Crippen molar-refractivity contribution in [3.63, 3.8) is 0 Å². The van der Waals surface area contributed by atoms with Crippen molar-refractivity contribution in [1.29, 1.82) is 0 Å². The first kappa shape index (κ1) is 15.5. The largest absolute Gasteiger partial charge is 0.467 e. The van der Waals surface area contributed by atoms with Crippen LogP contribution in [0.25, 0.3) is 0 Å². The monoisotopic (exact) mass is 434 g/mol. The highest BCUT2D eigenvalue weighted by atomic mass is 79.9. The van der Waals surface area contributed by atoms with Gasteiger partial charge in [-0.3, -0.25) is 0 Å². The van der Waals surface area contributed by atoms with E-state index in [1.54, 1.807) is 7.11 Å². The lowest BCUT2D eigenvalue weighted by Gasteiger charge is -2.52. The molecule has 2 aliphatic rings. The second kappa shape index (κ2) is 5.68. The minimum Gasteiger partial charge on any atom is -0.467 e. The fraction of sp³-hybridized carbons (Fsp3) is 0.500. The fourth-order valence-corrected chi connectivity index (χ4v) is 4.72. The summed E-state index contributed by atoms with van der Waals surface area (Å²) in [5.41, 5.74) is 0.678. The van der Waals surface area contributed by atoms with Gasteiger partial charge in [0, 0.05) is 30.1 Å². The summed E-state index contributed by atoms with van der Waals surface area (Å²) in [6.07, 6.45) is 0.840. The number of methoxy groups -OCH3 is 1. The van der Waals surface area contributed by atoms with E-state index in [0.717, 1.165) is 26.7 Å². The first-order valence-electron chi connectivity index (χ1n) is 6.69. The summed E-state index contributed by atoms with van der Waals surface area (Å²) < 4.78 is 13.5. The van der Waals surface area contributed by atoms with Crippen LogP contribution in [0.3, 0.4) is 0 Å². The average Bonchev–Trinajstić information content (AvgIpc) is 2.40. The van der Waals surface area contributed by atoms with Crippen molar-refractivity contribution in [1.82, 2.24) is 10.2 Å². The SMILES string of the molecule is COCCN1C(=S)NC2CC1(C)Oc1c(Br)cc(Br)cc12. The molecule has 0 radical (unpaired) electrons. The van der Waals surface area contributed by atoms with Gasteiger partial charge in [0.1, 0.15) is 5.75 Å². The molecule has 2 bridgehead atoms. The van der Waals surface area contributed by atoms with Crippen molar-refractivity contribution >= 4 is 49.2 Å². The molecule has 0 amide bonds. The molecule has 7 heteroatoms. The predicted octanol–water partition coefficient (Wildman–Crippen LogP) is 3.59. The molecule has 0 saturated carbocycles. The van der Waals surface area contributed by atoms with Crippen molar-refractivity contribution in [3.8, 4) is 5.75 Å². The van der Waals surface area contributed by atoms with Crippen molar-refractivity contribution in [2.45, 2.75) is 25.1 Å². The summed E-state index contributed by atoms with van der Waals surface area (Å²) in [6, 6.07) is 4.25. The third kappa shape index (κ3) is 2.69. The number of halogens is 2. The van der Waals surface area contributed by atoms with E-state index >= 15 is 0 Å². The first-order chi connectivity index (χ1) is 9.94. The second-order valence-electron chi connectivity index (χ2n) is 5.43. The van der Waals surface area contributed by atoms with Gasteiger partial charge in [0.25, 0.3) is 0 Å². The molecule has 114 valence electrons. The number of hydrogen-bond acceptors (Lipinski definition) is 3. The zero-order valence-corrected chi connectivity index (χ0v) is 15.8. The molecule has 4 nitrogen and oxygen atoms in total. The van der Waals surface area contributed by atoms with E-state index in [2.05, 4.69) is 55.1 Å². The lowest BCUT2D eigenvalue weighted by Crippen LogP contribution is -2.65. The van der Waals surface area contributed by atoms with Gasteiger partial charge in [-0.15, -0.1) is 0 Å². The quantitative estimate of drug-likeness (QED) is 0.733. The minimum atomic E-state index is -0.450. The molecule has 2 aliphatic heterocycles. The first-order valence-corrected chi connectivity index (χ1v) is 8.69. The van der Waals surface area contributed by atoms with Crippen LogP contribution in [0.4, 0.5) is 0 Å². The molecule has 1 aromatic rings.